The number of anilines is 2. The van der Waals surface area contributed by atoms with Gasteiger partial charge in [0, 0.05) is 25.8 Å². The lowest BCUT2D eigenvalue weighted by atomic mass is 10.2. The summed E-state index contributed by atoms with van der Waals surface area (Å²) in [6.07, 6.45) is 2.22. The Kier molecular flexibility index (Phi) is 7.72. The van der Waals surface area contributed by atoms with E-state index in [2.05, 4.69) is 25.0 Å². The maximum Gasteiger partial charge on any atom is 0.234 e. The molecule has 2 fully saturated rings. The predicted octanol–water partition coefficient (Wildman–Crippen LogP) is 2.04. The van der Waals surface area contributed by atoms with Crippen molar-refractivity contribution < 1.29 is 23.7 Å². The summed E-state index contributed by atoms with van der Waals surface area (Å²) in [5.41, 5.74) is 0.562. The summed E-state index contributed by atoms with van der Waals surface area (Å²) in [4.78, 5) is 14.9. The highest BCUT2D eigenvalue weighted by Gasteiger charge is 2.25. The molecule has 2 aliphatic rings. The highest BCUT2D eigenvalue weighted by molar-refractivity contribution is 7.99. The van der Waals surface area contributed by atoms with Crippen molar-refractivity contribution in [2.45, 2.75) is 30.6 Å². The number of nitrogens with zero attached hydrogens (tertiary/aromatic N) is 4. The molecule has 4 rings (SSSR count). The second kappa shape index (κ2) is 10.9. The number of aromatic nitrogens is 3. The van der Waals surface area contributed by atoms with Gasteiger partial charge in [0.2, 0.25) is 11.9 Å². The van der Waals surface area contributed by atoms with E-state index in [0.717, 1.165) is 38.5 Å². The number of methoxy groups -OCH3 is 2. The third kappa shape index (κ3) is 5.45. The minimum absolute atomic E-state index is 0.139. The Morgan fingerprint density at radius 1 is 1.22 bits per heavy atom. The molecule has 10 nitrogen and oxygen atoms in total. The van der Waals surface area contributed by atoms with Crippen LogP contribution in [0.3, 0.4) is 0 Å². The van der Waals surface area contributed by atoms with E-state index in [9.17, 15) is 4.79 Å². The Bertz CT molecular complexity index is 912. The Labute approximate surface area is 191 Å². The van der Waals surface area contributed by atoms with E-state index in [1.807, 2.05) is 0 Å². The standard InChI is InChI=1S/C21H29N5O5S/c1-28-15-5-6-18(29-2)17(12-15)22-19(27)14-32-21-24-23-20(25-7-10-30-11-8-25)26(21)13-16-4-3-9-31-16/h5-6,12,16H,3-4,7-11,13-14H2,1-2H3,(H,22,27). The van der Waals surface area contributed by atoms with Crippen LogP contribution in [-0.4, -0.2) is 79.7 Å². The van der Waals surface area contributed by atoms with E-state index in [1.165, 1.54) is 11.8 Å². The monoisotopic (exact) mass is 463 g/mol. The van der Waals surface area contributed by atoms with Gasteiger partial charge in [0.1, 0.15) is 11.5 Å². The molecule has 1 amide bonds. The third-order valence-corrected chi connectivity index (χ3v) is 6.38. The second-order valence-electron chi connectivity index (χ2n) is 7.53. The molecule has 1 aromatic heterocycles. The fraction of sp³-hybridized carbons (Fsp3) is 0.571. The van der Waals surface area contributed by atoms with Gasteiger partial charge in [-0.25, -0.2) is 0 Å². The predicted molar refractivity (Wildman–Crippen MR) is 121 cm³/mol. The number of ether oxygens (including phenoxy) is 4. The van der Waals surface area contributed by atoms with Crippen LogP contribution < -0.4 is 19.7 Å². The van der Waals surface area contributed by atoms with E-state index < -0.39 is 0 Å². The first-order valence-electron chi connectivity index (χ1n) is 10.7. The number of nitrogens with one attached hydrogen (secondary N) is 1. The van der Waals surface area contributed by atoms with Crippen LogP contribution in [0, 0.1) is 0 Å². The summed E-state index contributed by atoms with van der Waals surface area (Å²) in [5.74, 6) is 2.04. The molecular weight excluding hydrogens is 434 g/mol. The average Bonchev–Trinajstić information content (AvgIpc) is 3.48. The zero-order chi connectivity index (χ0) is 22.3. The summed E-state index contributed by atoms with van der Waals surface area (Å²) < 4.78 is 24.0. The van der Waals surface area contributed by atoms with Crippen LogP contribution in [0.15, 0.2) is 23.4 Å². The van der Waals surface area contributed by atoms with Crippen LogP contribution in [0.4, 0.5) is 11.6 Å². The Morgan fingerprint density at radius 3 is 2.78 bits per heavy atom. The number of carbonyl (C=O) groups excluding carboxylic acids is 1. The molecule has 11 heteroatoms. The van der Waals surface area contributed by atoms with Gasteiger partial charge in [0.15, 0.2) is 5.16 Å². The molecule has 1 unspecified atom stereocenters. The van der Waals surface area contributed by atoms with E-state index in [4.69, 9.17) is 18.9 Å². The van der Waals surface area contributed by atoms with Gasteiger partial charge in [-0.1, -0.05) is 11.8 Å². The van der Waals surface area contributed by atoms with Crippen LogP contribution in [0.2, 0.25) is 0 Å². The smallest absolute Gasteiger partial charge is 0.234 e. The molecule has 1 N–H and O–H groups in total. The van der Waals surface area contributed by atoms with Crippen molar-refractivity contribution in [1.82, 2.24) is 14.8 Å². The molecule has 0 saturated carbocycles. The molecule has 2 saturated heterocycles. The molecular formula is C21H29N5O5S. The van der Waals surface area contributed by atoms with Gasteiger partial charge in [-0.05, 0) is 25.0 Å². The molecule has 1 aromatic carbocycles. The first-order chi connectivity index (χ1) is 15.7. The molecule has 3 heterocycles. The van der Waals surface area contributed by atoms with Gasteiger partial charge < -0.3 is 29.2 Å². The van der Waals surface area contributed by atoms with Gasteiger partial charge in [-0.15, -0.1) is 10.2 Å². The molecule has 0 aliphatic carbocycles. The number of morpholine rings is 1. The lowest BCUT2D eigenvalue weighted by Gasteiger charge is -2.28. The zero-order valence-electron chi connectivity index (χ0n) is 18.4. The van der Waals surface area contributed by atoms with Crippen LogP contribution in [0.1, 0.15) is 12.8 Å². The highest BCUT2D eigenvalue weighted by atomic mass is 32.2. The van der Waals surface area contributed by atoms with Gasteiger partial charge in [0.05, 0.1) is 51.5 Å². The maximum absolute atomic E-state index is 12.7. The van der Waals surface area contributed by atoms with Gasteiger partial charge >= 0.3 is 0 Å². The number of rotatable bonds is 9. The number of hydrogen-bond donors (Lipinski definition) is 1. The van der Waals surface area contributed by atoms with E-state index in [1.54, 1.807) is 32.4 Å². The number of benzene rings is 1. The summed E-state index contributed by atoms with van der Waals surface area (Å²) in [6.45, 7) is 4.33. The largest absolute Gasteiger partial charge is 0.497 e. The van der Waals surface area contributed by atoms with Crippen molar-refractivity contribution in [2.24, 2.45) is 0 Å². The Balaban J connectivity index is 1.45. The van der Waals surface area contributed by atoms with Crippen molar-refractivity contribution in [1.29, 1.82) is 0 Å². The minimum atomic E-state index is -0.166. The van der Waals surface area contributed by atoms with E-state index >= 15 is 0 Å². The lowest BCUT2D eigenvalue weighted by Crippen LogP contribution is -2.38. The first kappa shape index (κ1) is 22.7. The molecule has 2 aliphatic heterocycles. The van der Waals surface area contributed by atoms with Crippen molar-refractivity contribution >= 4 is 29.3 Å². The van der Waals surface area contributed by atoms with Crippen LogP contribution in [-0.2, 0) is 20.8 Å². The molecule has 32 heavy (non-hydrogen) atoms. The highest BCUT2D eigenvalue weighted by Crippen LogP contribution is 2.30. The lowest BCUT2D eigenvalue weighted by molar-refractivity contribution is -0.113. The maximum atomic E-state index is 12.7. The molecule has 0 radical (unpaired) electrons. The SMILES string of the molecule is COc1ccc(OC)c(NC(=O)CSc2nnc(N3CCOCC3)n2CC2CCCO2)c1. The van der Waals surface area contributed by atoms with Gasteiger partial charge in [-0.2, -0.15) is 0 Å². The molecule has 174 valence electrons. The number of amides is 1. The fourth-order valence-electron chi connectivity index (χ4n) is 3.76. The van der Waals surface area contributed by atoms with Gasteiger partial charge in [-0.3, -0.25) is 9.36 Å². The Hall–Kier alpha value is -2.50. The molecule has 1 atom stereocenters. The minimum Gasteiger partial charge on any atom is -0.497 e. The van der Waals surface area contributed by atoms with Crippen molar-refractivity contribution in [3.05, 3.63) is 18.2 Å². The zero-order valence-corrected chi connectivity index (χ0v) is 19.2. The van der Waals surface area contributed by atoms with Gasteiger partial charge in [0.25, 0.3) is 0 Å². The summed E-state index contributed by atoms with van der Waals surface area (Å²) in [6, 6.07) is 5.27. The second-order valence-corrected chi connectivity index (χ2v) is 8.47. The first-order valence-corrected chi connectivity index (χ1v) is 11.7. The summed E-state index contributed by atoms with van der Waals surface area (Å²) in [7, 11) is 3.14. The molecule has 0 spiro atoms. The summed E-state index contributed by atoms with van der Waals surface area (Å²) >= 11 is 1.36. The summed E-state index contributed by atoms with van der Waals surface area (Å²) in [5, 5.41) is 12.4. The molecule has 2 aromatic rings. The van der Waals surface area contributed by atoms with Crippen LogP contribution >= 0.6 is 11.8 Å². The van der Waals surface area contributed by atoms with Crippen LogP contribution in [0.5, 0.6) is 11.5 Å². The van der Waals surface area contributed by atoms with Crippen molar-refractivity contribution in [3.63, 3.8) is 0 Å². The van der Waals surface area contributed by atoms with E-state index in [-0.39, 0.29) is 17.8 Å². The number of hydrogen-bond acceptors (Lipinski definition) is 9. The topological polar surface area (TPSA) is 100.0 Å². The van der Waals surface area contributed by atoms with Crippen molar-refractivity contribution in [3.8, 4) is 11.5 Å². The van der Waals surface area contributed by atoms with E-state index in [0.29, 0.717) is 42.1 Å². The quantitative estimate of drug-likeness (QED) is 0.560. The fourth-order valence-corrected chi connectivity index (χ4v) is 4.51. The normalized spacial score (nSPS) is 18.6. The number of carbonyl (C=O) groups is 1. The average molecular weight is 464 g/mol. The third-order valence-electron chi connectivity index (χ3n) is 5.41. The molecule has 0 bridgehead atoms. The van der Waals surface area contributed by atoms with Crippen molar-refractivity contribution in [2.75, 3.05) is 63.1 Å². The van der Waals surface area contributed by atoms with Crippen LogP contribution in [0.25, 0.3) is 0 Å². The number of thioether (sulfide) groups is 1. The Morgan fingerprint density at radius 2 is 2.06 bits per heavy atom.